The van der Waals surface area contributed by atoms with Crippen molar-refractivity contribution < 1.29 is 4.39 Å². The van der Waals surface area contributed by atoms with Crippen molar-refractivity contribution in [1.82, 2.24) is 5.32 Å². The fourth-order valence-electron chi connectivity index (χ4n) is 0.707. The Morgan fingerprint density at radius 2 is 2.40 bits per heavy atom. The van der Waals surface area contributed by atoms with Crippen LogP contribution in [0.15, 0.2) is 0 Å². The summed E-state index contributed by atoms with van der Waals surface area (Å²) in [6, 6.07) is -0.00627. The highest BCUT2D eigenvalue weighted by atomic mass is 19.1. The maximum atomic E-state index is 12.9. The van der Waals surface area contributed by atoms with Crippen molar-refractivity contribution >= 4 is 0 Å². The van der Waals surface area contributed by atoms with E-state index in [1.807, 2.05) is 6.92 Å². The van der Waals surface area contributed by atoms with Gasteiger partial charge in [0.05, 0.1) is 6.04 Å². The van der Waals surface area contributed by atoms with Crippen LogP contribution >= 0.6 is 0 Å². The minimum absolute atomic E-state index is 0.00627. The minimum atomic E-state index is -0.925. The summed E-state index contributed by atoms with van der Waals surface area (Å²) in [5.74, 6) is 2.49. The highest BCUT2D eigenvalue weighted by Gasteiger charge is 2.42. The molecule has 1 unspecified atom stereocenters. The molecule has 0 aliphatic heterocycles. The molecular formula is C8H12FN. The van der Waals surface area contributed by atoms with Crippen LogP contribution in [0.4, 0.5) is 4.39 Å². The van der Waals surface area contributed by atoms with Crippen LogP contribution in [-0.4, -0.2) is 18.3 Å². The molecular weight excluding hydrogens is 129 g/mol. The maximum Gasteiger partial charge on any atom is 0.123 e. The van der Waals surface area contributed by atoms with Gasteiger partial charge in [0.2, 0.25) is 0 Å². The molecule has 10 heavy (non-hydrogen) atoms. The average Bonchev–Trinajstić information content (AvgIpc) is 2.64. The Bertz CT molecular complexity index is 155. The predicted octanol–water partition coefficient (Wildman–Crippen LogP) is 1.10. The molecule has 1 saturated carbocycles. The molecule has 0 saturated heterocycles. The molecule has 1 aliphatic carbocycles. The molecule has 0 heterocycles. The lowest BCUT2D eigenvalue weighted by Gasteiger charge is -2.08. The Morgan fingerprint density at radius 1 is 1.80 bits per heavy atom. The van der Waals surface area contributed by atoms with Crippen molar-refractivity contribution in [2.75, 3.05) is 6.54 Å². The van der Waals surface area contributed by atoms with Crippen LogP contribution in [0.2, 0.25) is 0 Å². The van der Waals surface area contributed by atoms with Crippen molar-refractivity contribution in [3.8, 4) is 12.3 Å². The van der Waals surface area contributed by atoms with Gasteiger partial charge in [0, 0.05) is 6.54 Å². The van der Waals surface area contributed by atoms with Crippen LogP contribution in [0.1, 0.15) is 19.8 Å². The van der Waals surface area contributed by atoms with Gasteiger partial charge in [-0.25, -0.2) is 4.39 Å². The third-order valence-corrected chi connectivity index (χ3v) is 1.77. The molecule has 0 bridgehead atoms. The average molecular weight is 141 g/mol. The molecule has 0 aromatic rings. The van der Waals surface area contributed by atoms with E-state index in [1.54, 1.807) is 0 Å². The van der Waals surface area contributed by atoms with Crippen molar-refractivity contribution in [1.29, 1.82) is 0 Å². The van der Waals surface area contributed by atoms with E-state index in [0.29, 0.717) is 19.4 Å². The number of hydrogen-bond donors (Lipinski definition) is 1. The smallest absolute Gasteiger partial charge is 0.123 e. The van der Waals surface area contributed by atoms with Crippen molar-refractivity contribution in [3.05, 3.63) is 0 Å². The van der Waals surface area contributed by atoms with E-state index < -0.39 is 5.67 Å². The van der Waals surface area contributed by atoms with Gasteiger partial charge in [0.15, 0.2) is 0 Å². The summed E-state index contributed by atoms with van der Waals surface area (Å²) in [6.45, 7) is 2.27. The lowest BCUT2D eigenvalue weighted by molar-refractivity contribution is 0.292. The number of halogens is 1. The first-order chi connectivity index (χ1) is 4.66. The molecule has 0 aromatic heterocycles. The van der Waals surface area contributed by atoms with E-state index in [2.05, 4.69) is 11.2 Å². The van der Waals surface area contributed by atoms with E-state index in [0.717, 1.165) is 0 Å². The first-order valence-corrected chi connectivity index (χ1v) is 3.55. The van der Waals surface area contributed by atoms with Gasteiger partial charge in [0.25, 0.3) is 0 Å². The molecule has 0 radical (unpaired) electrons. The van der Waals surface area contributed by atoms with Gasteiger partial charge < -0.3 is 5.32 Å². The first-order valence-electron chi connectivity index (χ1n) is 3.55. The quantitative estimate of drug-likeness (QED) is 0.580. The lowest BCUT2D eigenvalue weighted by Crippen LogP contribution is -2.31. The monoisotopic (exact) mass is 141 g/mol. The van der Waals surface area contributed by atoms with E-state index in [9.17, 15) is 4.39 Å². The number of rotatable bonds is 3. The van der Waals surface area contributed by atoms with E-state index in [1.165, 1.54) is 0 Å². The van der Waals surface area contributed by atoms with Gasteiger partial charge in [-0.3, -0.25) is 0 Å². The van der Waals surface area contributed by atoms with Crippen LogP contribution in [0.25, 0.3) is 0 Å². The predicted molar refractivity (Wildman–Crippen MR) is 39.4 cm³/mol. The number of terminal acetylenes is 1. The minimum Gasteiger partial charge on any atom is -0.301 e. The Hall–Kier alpha value is -0.550. The van der Waals surface area contributed by atoms with Crippen molar-refractivity contribution in [3.63, 3.8) is 0 Å². The topological polar surface area (TPSA) is 12.0 Å². The molecule has 0 spiro atoms. The summed E-state index contributed by atoms with van der Waals surface area (Å²) >= 11 is 0. The van der Waals surface area contributed by atoms with Crippen molar-refractivity contribution in [2.24, 2.45) is 0 Å². The van der Waals surface area contributed by atoms with Gasteiger partial charge >= 0.3 is 0 Å². The summed E-state index contributed by atoms with van der Waals surface area (Å²) in [4.78, 5) is 0. The van der Waals surface area contributed by atoms with Gasteiger partial charge in [0.1, 0.15) is 5.67 Å². The number of nitrogens with one attached hydrogen (secondary N) is 1. The Balaban J connectivity index is 2.12. The molecule has 2 heteroatoms. The van der Waals surface area contributed by atoms with E-state index >= 15 is 0 Å². The second-order valence-corrected chi connectivity index (χ2v) is 2.92. The Morgan fingerprint density at radius 3 is 2.80 bits per heavy atom. The standard InChI is InChI=1S/C8H12FN/c1-3-7(2)10-6-8(9)4-5-8/h1,7,10H,4-6H2,2H3. The Labute approximate surface area is 61.0 Å². The Kier molecular flexibility index (Phi) is 1.96. The highest BCUT2D eigenvalue weighted by Crippen LogP contribution is 2.38. The summed E-state index contributed by atoms with van der Waals surface area (Å²) in [7, 11) is 0. The molecule has 0 aromatic carbocycles. The van der Waals surface area contributed by atoms with E-state index in [-0.39, 0.29) is 6.04 Å². The third kappa shape index (κ3) is 2.00. The van der Waals surface area contributed by atoms with Crippen LogP contribution in [0.3, 0.4) is 0 Å². The molecule has 0 amide bonds. The largest absolute Gasteiger partial charge is 0.301 e. The fraction of sp³-hybridized carbons (Fsp3) is 0.750. The molecule has 1 nitrogen and oxygen atoms in total. The number of alkyl halides is 1. The highest BCUT2D eigenvalue weighted by molar-refractivity contribution is 5.01. The number of hydrogen-bond acceptors (Lipinski definition) is 1. The van der Waals surface area contributed by atoms with Gasteiger partial charge in [-0.05, 0) is 19.8 Å². The van der Waals surface area contributed by atoms with Gasteiger partial charge in [-0.2, -0.15) is 0 Å². The zero-order valence-electron chi connectivity index (χ0n) is 6.15. The normalized spacial score (nSPS) is 23.3. The zero-order valence-corrected chi connectivity index (χ0v) is 6.15. The van der Waals surface area contributed by atoms with Gasteiger partial charge in [-0.1, -0.05) is 5.92 Å². The molecule has 1 aliphatic rings. The lowest BCUT2D eigenvalue weighted by atomic mass is 10.3. The maximum absolute atomic E-state index is 12.9. The first kappa shape index (κ1) is 7.56. The van der Waals surface area contributed by atoms with Gasteiger partial charge in [-0.15, -0.1) is 6.42 Å². The fourth-order valence-corrected chi connectivity index (χ4v) is 0.707. The van der Waals surface area contributed by atoms with Crippen LogP contribution in [0, 0.1) is 12.3 Å². The van der Waals surface area contributed by atoms with Crippen molar-refractivity contribution in [2.45, 2.75) is 31.5 Å². The molecule has 1 atom stereocenters. The summed E-state index contributed by atoms with van der Waals surface area (Å²) in [6.07, 6.45) is 6.47. The summed E-state index contributed by atoms with van der Waals surface area (Å²) in [5.41, 5.74) is -0.925. The molecule has 1 N–H and O–H groups in total. The molecule has 56 valence electrons. The SMILES string of the molecule is C#CC(C)NCC1(F)CC1. The molecule has 1 rings (SSSR count). The third-order valence-electron chi connectivity index (χ3n) is 1.77. The molecule has 1 fully saturated rings. The second kappa shape index (κ2) is 2.59. The van der Waals surface area contributed by atoms with Crippen LogP contribution in [-0.2, 0) is 0 Å². The second-order valence-electron chi connectivity index (χ2n) is 2.92. The van der Waals surface area contributed by atoms with Crippen LogP contribution in [0.5, 0.6) is 0 Å². The zero-order chi connectivity index (χ0) is 7.61. The summed E-state index contributed by atoms with van der Waals surface area (Å²) < 4.78 is 12.9. The summed E-state index contributed by atoms with van der Waals surface area (Å²) in [5, 5.41) is 2.92. The van der Waals surface area contributed by atoms with Crippen LogP contribution < -0.4 is 5.32 Å². The van der Waals surface area contributed by atoms with E-state index in [4.69, 9.17) is 6.42 Å².